The van der Waals surface area contributed by atoms with Crippen LogP contribution in [0, 0.1) is 5.82 Å². The zero-order chi connectivity index (χ0) is 33.4. The molecule has 0 saturated carbocycles. The fourth-order valence-electron chi connectivity index (χ4n) is 4.78. The van der Waals surface area contributed by atoms with Gasteiger partial charge in [0.15, 0.2) is 0 Å². The number of carbonyl (C=O) groups is 2. The van der Waals surface area contributed by atoms with E-state index in [0.29, 0.717) is 16.3 Å². The Balaban J connectivity index is 1.82. The minimum Gasteiger partial charge on any atom is -0.497 e. The molecule has 0 bridgehead atoms. The van der Waals surface area contributed by atoms with E-state index in [0.717, 1.165) is 22.0 Å². The van der Waals surface area contributed by atoms with E-state index in [1.165, 1.54) is 54.5 Å². The quantitative estimate of drug-likeness (QED) is 0.173. The highest BCUT2D eigenvalue weighted by Gasteiger charge is 2.35. The second kappa shape index (κ2) is 15.4. The third-order valence-corrected chi connectivity index (χ3v) is 9.47. The lowest BCUT2D eigenvalue weighted by molar-refractivity contribution is -0.140. The van der Waals surface area contributed by atoms with Crippen LogP contribution in [0.4, 0.5) is 10.1 Å². The molecule has 0 spiro atoms. The maximum atomic E-state index is 14.5. The van der Waals surface area contributed by atoms with Gasteiger partial charge in [0.1, 0.15) is 24.2 Å². The molecular weight excluding hydrogens is 652 g/mol. The molecule has 2 amide bonds. The van der Waals surface area contributed by atoms with E-state index < -0.39 is 40.2 Å². The lowest BCUT2D eigenvalue weighted by atomic mass is 10.0. The summed E-state index contributed by atoms with van der Waals surface area (Å²) in [6.07, 6.45) is 0.137. The van der Waals surface area contributed by atoms with Crippen molar-refractivity contribution in [3.05, 3.63) is 124 Å². The predicted octanol–water partition coefficient (Wildman–Crippen LogP) is 6.50. The number of carbonyl (C=O) groups excluding carboxylic acids is 2. The predicted molar refractivity (Wildman–Crippen MR) is 178 cm³/mol. The normalized spacial score (nSPS) is 12.0. The van der Waals surface area contributed by atoms with Crippen molar-refractivity contribution in [3.8, 4) is 5.75 Å². The number of hydrogen-bond acceptors (Lipinski definition) is 5. The average Bonchev–Trinajstić information content (AvgIpc) is 3.03. The van der Waals surface area contributed by atoms with Gasteiger partial charge >= 0.3 is 0 Å². The summed E-state index contributed by atoms with van der Waals surface area (Å²) in [4.78, 5) is 29.4. The Morgan fingerprint density at radius 3 is 2.15 bits per heavy atom. The molecule has 1 unspecified atom stereocenters. The van der Waals surface area contributed by atoms with E-state index in [1.807, 2.05) is 30.3 Å². The van der Waals surface area contributed by atoms with Crippen LogP contribution in [0.3, 0.4) is 0 Å². The molecule has 0 aliphatic carbocycles. The maximum absolute atomic E-state index is 14.5. The Morgan fingerprint density at radius 1 is 0.913 bits per heavy atom. The van der Waals surface area contributed by atoms with Crippen LogP contribution in [0.25, 0.3) is 0 Å². The molecule has 4 rings (SSSR count). The van der Waals surface area contributed by atoms with Crippen molar-refractivity contribution in [2.45, 2.75) is 43.8 Å². The molecule has 1 atom stereocenters. The molecule has 1 N–H and O–H groups in total. The van der Waals surface area contributed by atoms with Crippen LogP contribution in [0.1, 0.15) is 25.0 Å². The second-order valence-corrected chi connectivity index (χ2v) is 13.5. The SMILES string of the molecule is COc1ccc(S(=O)(=O)N(CC(=O)N(Cc2ccc(Cl)cc2Cl)C(Cc2ccccc2)C(=O)NC(C)C)c2ccc(F)cc2)cc1. The van der Waals surface area contributed by atoms with Gasteiger partial charge in [-0.15, -0.1) is 0 Å². The number of ether oxygens (including phenoxy) is 1. The van der Waals surface area contributed by atoms with Crippen LogP contribution in [0.2, 0.25) is 10.0 Å². The first-order valence-electron chi connectivity index (χ1n) is 14.4. The zero-order valence-corrected chi connectivity index (χ0v) is 27.8. The lowest BCUT2D eigenvalue weighted by Gasteiger charge is -2.34. The molecule has 46 heavy (non-hydrogen) atoms. The van der Waals surface area contributed by atoms with Crippen molar-refractivity contribution >= 4 is 50.7 Å². The molecule has 0 saturated heterocycles. The Kier molecular flexibility index (Phi) is 11.7. The van der Waals surface area contributed by atoms with Crippen molar-refractivity contribution in [3.63, 3.8) is 0 Å². The maximum Gasteiger partial charge on any atom is 0.264 e. The number of halogens is 3. The first-order chi connectivity index (χ1) is 21.9. The molecule has 0 aromatic heterocycles. The number of sulfonamides is 1. The number of nitrogens with zero attached hydrogens (tertiary/aromatic N) is 2. The molecule has 8 nitrogen and oxygen atoms in total. The van der Waals surface area contributed by atoms with Crippen LogP contribution in [-0.2, 0) is 32.6 Å². The van der Waals surface area contributed by atoms with Gasteiger partial charge < -0.3 is 15.0 Å². The molecule has 0 radical (unpaired) electrons. The van der Waals surface area contributed by atoms with Crippen molar-refractivity contribution in [1.29, 1.82) is 0 Å². The summed E-state index contributed by atoms with van der Waals surface area (Å²) < 4.78 is 48.1. The van der Waals surface area contributed by atoms with Gasteiger partial charge in [-0.05, 0) is 85.6 Å². The largest absolute Gasteiger partial charge is 0.497 e. The van der Waals surface area contributed by atoms with Crippen LogP contribution in [0.5, 0.6) is 5.75 Å². The Morgan fingerprint density at radius 2 is 1.57 bits per heavy atom. The molecule has 12 heteroatoms. The number of hydrogen-bond donors (Lipinski definition) is 1. The van der Waals surface area contributed by atoms with E-state index in [1.54, 1.807) is 26.0 Å². The molecule has 0 aliphatic heterocycles. The summed E-state index contributed by atoms with van der Waals surface area (Å²) in [5.41, 5.74) is 1.34. The molecule has 4 aromatic rings. The van der Waals surface area contributed by atoms with Gasteiger partial charge in [0.2, 0.25) is 11.8 Å². The molecule has 0 heterocycles. The number of rotatable bonds is 13. The van der Waals surface area contributed by atoms with Crippen molar-refractivity contribution < 1.29 is 27.1 Å². The molecule has 0 aliphatic rings. The summed E-state index contributed by atoms with van der Waals surface area (Å²) in [5.74, 6) is -1.26. The van der Waals surface area contributed by atoms with Crippen LogP contribution in [-0.4, -0.2) is 50.9 Å². The summed E-state index contributed by atoms with van der Waals surface area (Å²) >= 11 is 12.7. The molecule has 242 valence electrons. The summed E-state index contributed by atoms with van der Waals surface area (Å²) in [7, 11) is -2.91. The van der Waals surface area contributed by atoms with E-state index >= 15 is 0 Å². The zero-order valence-electron chi connectivity index (χ0n) is 25.5. The number of amides is 2. The van der Waals surface area contributed by atoms with Crippen LogP contribution < -0.4 is 14.4 Å². The highest BCUT2D eigenvalue weighted by molar-refractivity contribution is 7.92. The number of nitrogens with one attached hydrogen (secondary N) is 1. The number of benzene rings is 4. The van der Waals surface area contributed by atoms with Crippen LogP contribution in [0.15, 0.2) is 102 Å². The van der Waals surface area contributed by atoms with Gasteiger partial charge in [-0.1, -0.05) is 59.6 Å². The fraction of sp³-hybridized carbons (Fsp3) is 0.235. The van der Waals surface area contributed by atoms with Gasteiger partial charge in [-0.3, -0.25) is 13.9 Å². The average molecular weight is 687 g/mol. The van der Waals surface area contributed by atoms with E-state index in [2.05, 4.69) is 5.32 Å². The van der Waals surface area contributed by atoms with Gasteiger partial charge in [-0.25, -0.2) is 12.8 Å². The Hall–Kier alpha value is -4.12. The summed E-state index contributed by atoms with van der Waals surface area (Å²) in [5, 5.41) is 3.55. The van der Waals surface area contributed by atoms with Crippen molar-refractivity contribution in [1.82, 2.24) is 10.2 Å². The minimum absolute atomic E-state index is 0.0567. The highest BCUT2D eigenvalue weighted by atomic mass is 35.5. The number of methoxy groups -OCH3 is 1. The van der Waals surface area contributed by atoms with Crippen LogP contribution >= 0.6 is 23.2 Å². The summed E-state index contributed by atoms with van der Waals surface area (Å²) in [6, 6.07) is 23.1. The Bertz CT molecular complexity index is 1760. The smallest absolute Gasteiger partial charge is 0.264 e. The lowest BCUT2D eigenvalue weighted by Crippen LogP contribution is -2.54. The van der Waals surface area contributed by atoms with E-state index in [-0.39, 0.29) is 34.6 Å². The van der Waals surface area contributed by atoms with Gasteiger partial charge in [0, 0.05) is 29.1 Å². The summed E-state index contributed by atoms with van der Waals surface area (Å²) in [6.45, 7) is 2.78. The fourth-order valence-corrected chi connectivity index (χ4v) is 6.66. The minimum atomic E-state index is -4.37. The Labute approximate surface area is 278 Å². The first kappa shape index (κ1) is 34.7. The van der Waals surface area contributed by atoms with Crippen molar-refractivity contribution in [2.24, 2.45) is 0 Å². The number of anilines is 1. The second-order valence-electron chi connectivity index (χ2n) is 10.8. The monoisotopic (exact) mass is 685 g/mol. The van der Waals surface area contributed by atoms with Gasteiger partial charge in [-0.2, -0.15) is 0 Å². The van der Waals surface area contributed by atoms with E-state index in [4.69, 9.17) is 27.9 Å². The van der Waals surface area contributed by atoms with Crippen molar-refractivity contribution in [2.75, 3.05) is 18.0 Å². The first-order valence-corrected chi connectivity index (χ1v) is 16.6. The van der Waals surface area contributed by atoms with Gasteiger partial charge in [0.25, 0.3) is 10.0 Å². The molecule has 0 fully saturated rings. The van der Waals surface area contributed by atoms with E-state index in [9.17, 15) is 22.4 Å². The van der Waals surface area contributed by atoms with Gasteiger partial charge in [0.05, 0.1) is 17.7 Å². The third-order valence-electron chi connectivity index (χ3n) is 7.10. The molecular formula is C34H34Cl2FN3O5S. The molecule has 4 aromatic carbocycles. The standard InChI is InChI=1S/C34H34Cl2FN3O5S/c1-23(2)38-34(42)32(19-24-7-5-4-6-8-24)39(21-25-9-10-26(35)20-31(25)36)33(41)22-40(28-13-11-27(37)12-14-28)46(43,44)30-17-15-29(45-3)16-18-30/h4-18,20,23,32H,19,21-22H2,1-3H3,(H,38,42). The topological polar surface area (TPSA) is 96.0 Å². The third kappa shape index (κ3) is 8.78. The highest BCUT2D eigenvalue weighted by Crippen LogP contribution is 2.28.